The Bertz CT molecular complexity index is 575. The molecule has 1 aliphatic heterocycles. The lowest BCUT2D eigenvalue weighted by Gasteiger charge is -2.36. The molecule has 1 aliphatic rings. The fourth-order valence-electron chi connectivity index (χ4n) is 2.70. The zero-order valence-corrected chi connectivity index (χ0v) is 14.3. The molecule has 0 bridgehead atoms. The van der Waals surface area contributed by atoms with Crippen LogP contribution in [0.3, 0.4) is 0 Å². The van der Waals surface area contributed by atoms with E-state index in [2.05, 4.69) is 10.2 Å². The third-order valence-electron chi connectivity index (χ3n) is 4.06. The lowest BCUT2D eigenvalue weighted by atomic mass is 10.1. The van der Waals surface area contributed by atoms with Crippen LogP contribution >= 0.6 is 11.6 Å². The Morgan fingerprint density at radius 2 is 1.92 bits per heavy atom. The maximum absolute atomic E-state index is 12.8. The van der Waals surface area contributed by atoms with Gasteiger partial charge in [0, 0.05) is 38.4 Å². The van der Waals surface area contributed by atoms with E-state index in [0.717, 1.165) is 12.6 Å². The number of carbonyl (C=O) groups is 1. The third kappa shape index (κ3) is 6.04. The molecule has 0 aliphatic carbocycles. The highest BCUT2D eigenvalue weighted by Gasteiger charge is 2.31. The number of anilines is 1. The number of amides is 1. The second-order valence-corrected chi connectivity index (χ2v) is 6.21. The molecule has 0 aromatic heterocycles. The average Bonchev–Trinajstić information content (AvgIpc) is 2.58. The van der Waals surface area contributed by atoms with E-state index in [9.17, 15) is 22.4 Å². The van der Waals surface area contributed by atoms with E-state index in [0.29, 0.717) is 44.8 Å². The summed E-state index contributed by atoms with van der Waals surface area (Å²) >= 11 is 5.00. The second-order valence-electron chi connectivity index (χ2n) is 5.82. The van der Waals surface area contributed by atoms with Crippen LogP contribution in [-0.2, 0) is 11.0 Å². The van der Waals surface area contributed by atoms with Crippen molar-refractivity contribution in [3.63, 3.8) is 0 Å². The van der Waals surface area contributed by atoms with Gasteiger partial charge >= 0.3 is 6.18 Å². The van der Waals surface area contributed by atoms with Crippen molar-refractivity contribution in [1.29, 1.82) is 0 Å². The molecule has 2 rings (SSSR count). The Morgan fingerprint density at radius 1 is 1.24 bits per heavy atom. The predicted octanol–water partition coefficient (Wildman–Crippen LogP) is 2.87. The zero-order chi connectivity index (χ0) is 18.4. The van der Waals surface area contributed by atoms with Crippen LogP contribution in [0.15, 0.2) is 24.3 Å². The smallest absolute Gasteiger partial charge is 0.369 e. The van der Waals surface area contributed by atoms with Gasteiger partial charge in [0.25, 0.3) is 11.5 Å². The molecule has 0 spiro atoms. The van der Waals surface area contributed by atoms with Crippen LogP contribution in [0.1, 0.15) is 12.0 Å². The average molecular weight is 382 g/mol. The molecule has 1 fully saturated rings. The van der Waals surface area contributed by atoms with Crippen LogP contribution in [0.5, 0.6) is 0 Å². The number of alkyl halides is 5. The van der Waals surface area contributed by atoms with Crippen molar-refractivity contribution in [2.45, 2.75) is 18.2 Å². The normalized spacial score (nSPS) is 17.4. The molecule has 140 valence electrons. The van der Waals surface area contributed by atoms with E-state index in [4.69, 9.17) is 11.6 Å². The number of rotatable bonds is 6. The molecule has 0 radical (unpaired) electrons. The molecule has 1 unspecified atom stereocenters. The van der Waals surface area contributed by atoms with Gasteiger partial charge in [-0.1, -0.05) is 17.7 Å². The van der Waals surface area contributed by atoms with Crippen molar-refractivity contribution in [3.8, 4) is 0 Å². The maximum Gasteiger partial charge on any atom is 0.416 e. The zero-order valence-electron chi connectivity index (χ0n) is 13.5. The van der Waals surface area contributed by atoms with E-state index in [1.807, 2.05) is 4.90 Å². The van der Waals surface area contributed by atoms with Gasteiger partial charge in [0.15, 0.2) is 0 Å². The lowest BCUT2D eigenvalue weighted by Crippen LogP contribution is -2.47. The number of benzene rings is 1. The summed E-state index contributed by atoms with van der Waals surface area (Å²) in [5.74, 6) is -0.837. The van der Waals surface area contributed by atoms with Gasteiger partial charge in [-0.3, -0.25) is 9.69 Å². The summed E-state index contributed by atoms with van der Waals surface area (Å²) in [6.45, 7) is 3.73. The van der Waals surface area contributed by atoms with E-state index in [1.165, 1.54) is 12.1 Å². The summed E-state index contributed by atoms with van der Waals surface area (Å²) in [6.07, 6.45) is -3.69. The van der Waals surface area contributed by atoms with Crippen LogP contribution in [0.25, 0.3) is 0 Å². The molecule has 9 heteroatoms. The highest BCUT2D eigenvalue weighted by molar-refractivity contribution is 6.29. The van der Waals surface area contributed by atoms with Crippen molar-refractivity contribution in [2.24, 2.45) is 0 Å². The van der Waals surface area contributed by atoms with Crippen LogP contribution < -0.4 is 10.2 Å². The first-order valence-electron chi connectivity index (χ1n) is 7.98. The minimum Gasteiger partial charge on any atom is -0.369 e. The second kappa shape index (κ2) is 8.71. The van der Waals surface area contributed by atoms with E-state index >= 15 is 0 Å². The Kier molecular flexibility index (Phi) is 6.89. The maximum atomic E-state index is 12.8. The Morgan fingerprint density at radius 3 is 2.52 bits per heavy atom. The Labute approximate surface area is 148 Å². The Hall–Kier alpha value is -1.54. The van der Waals surface area contributed by atoms with Gasteiger partial charge in [0.2, 0.25) is 0 Å². The summed E-state index contributed by atoms with van der Waals surface area (Å²) < 4.78 is 50.8. The topological polar surface area (TPSA) is 35.6 Å². The number of nitrogens with zero attached hydrogens (tertiary/aromatic N) is 2. The molecule has 1 N–H and O–H groups in total. The summed E-state index contributed by atoms with van der Waals surface area (Å²) in [5.41, 5.74) is -2.11. The van der Waals surface area contributed by atoms with E-state index < -0.39 is 23.3 Å². The lowest BCUT2D eigenvalue weighted by molar-refractivity contribution is -0.137. The highest BCUT2D eigenvalue weighted by Crippen LogP contribution is 2.31. The minimum absolute atomic E-state index is 0.333. The number of hydrogen-bond donors (Lipinski definition) is 1. The molecule has 25 heavy (non-hydrogen) atoms. The molecule has 1 heterocycles. The van der Waals surface area contributed by atoms with Gasteiger partial charge in [-0.25, -0.2) is 4.39 Å². The molecule has 1 aromatic rings. The van der Waals surface area contributed by atoms with Gasteiger partial charge in [-0.05, 0) is 31.2 Å². The SMILES string of the molecule is O=C(NCCCN1CCN(c2cccc(C(F)(F)F)c2)CC1)C(F)Cl. The van der Waals surface area contributed by atoms with Crippen molar-refractivity contribution < 1.29 is 22.4 Å². The molecule has 1 aromatic carbocycles. The molecular formula is C16H20ClF4N3O. The van der Waals surface area contributed by atoms with Crippen LogP contribution in [-0.4, -0.2) is 55.7 Å². The first-order chi connectivity index (χ1) is 11.8. The number of halogens is 5. The monoisotopic (exact) mass is 381 g/mol. The van der Waals surface area contributed by atoms with Gasteiger partial charge in [0.1, 0.15) is 0 Å². The highest BCUT2D eigenvalue weighted by atomic mass is 35.5. The summed E-state index contributed by atoms with van der Waals surface area (Å²) in [5, 5.41) is 2.39. The van der Waals surface area contributed by atoms with Crippen molar-refractivity contribution in [2.75, 3.05) is 44.2 Å². The minimum atomic E-state index is -4.34. The van der Waals surface area contributed by atoms with Gasteiger partial charge < -0.3 is 10.2 Å². The summed E-state index contributed by atoms with van der Waals surface area (Å²) in [4.78, 5) is 15.1. The molecule has 4 nitrogen and oxygen atoms in total. The van der Waals surface area contributed by atoms with Crippen molar-refractivity contribution in [3.05, 3.63) is 29.8 Å². The molecule has 0 saturated carbocycles. The fraction of sp³-hybridized carbons (Fsp3) is 0.562. The van der Waals surface area contributed by atoms with Crippen molar-refractivity contribution in [1.82, 2.24) is 10.2 Å². The van der Waals surface area contributed by atoms with E-state index in [-0.39, 0.29) is 0 Å². The number of carbonyl (C=O) groups excluding carboxylic acids is 1. The van der Waals surface area contributed by atoms with Crippen LogP contribution in [0.4, 0.5) is 23.2 Å². The molecule has 1 amide bonds. The van der Waals surface area contributed by atoms with Gasteiger partial charge in [-0.15, -0.1) is 0 Å². The number of nitrogens with one attached hydrogen (secondary N) is 1. The summed E-state index contributed by atoms with van der Waals surface area (Å²) in [6, 6.07) is 5.34. The molecule has 1 saturated heterocycles. The number of piperazine rings is 1. The first kappa shape index (κ1) is 19.8. The van der Waals surface area contributed by atoms with Gasteiger partial charge in [0.05, 0.1) is 5.56 Å². The van der Waals surface area contributed by atoms with Crippen LogP contribution in [0, 0.1) is 0 Å². The van der Waals surface area contributed by atoms with E-state index in [1.54, 1.807) is 6.07 Å². The standard InChI is InChI=1S/C16H20ClF4N3O/c17-14(18)15(25)22-5-2-6-23-7-9-24(10-8-23)13-4-1-3-12(11-13)16(19,20)21/h1,3-4,11,14H,2,5-10H2,(H,22,25). The summed E-state index contributed by atoms with van der Waals surface area (Å²) in [7, 11) is 0. The number of hydrogen-bond acceptors (Lipinski definition) is 3. The fourth-order valence-corrected chi connectivity index (χ4v) is 2.78. The molecular weight excluding hydrogens is 362 g/mol. The van der Waals surface area contributed by atoms with Crippen LogP contribution in [0.2, 0.25) is 0 Å². The third-order valence-corrected chi connectivity index (χ3v) is 4.26. The Balaban J connectivity index is 1.75. The largest absolute Gasteiger partial charge is 0.416 e. The predicted molar refractivity (Wildman–Crippen MR) is 88.5 cm³/mol. The molecule has 1 atom stereocenters. The van der Waals surface area contributed by atoms with Crippen molar-refractivity contribution >= 4 is 23.2 Å². The quantitative estimate of drug-likeness (QED) is 0.467. The first-order valence-corrected chi connectivity index (χ1v) is 8.41. The van der Waals surface area contributed by atoms with Gasteiger partial charge in [-0.2, -0.15) is 13.2 Å².